The fourth-order valence-electron chi connectivity index (χ4n) is 2.04. The Labute approximate surface area is 82.8 Å². The monoisotopic (exact) mass is 178 g/mol. The first kappa shape index (κ1) is 7.57. The molecule has 0 spiro atoms. The summed E-state index contributed by atoms with van der Waals surface area (Å²) < 4.78 is 0. The fourth-order valence-corrected chi connectivity index (χ4v) is 2.04. The fraction of sp³-hybridized carbons (Fsp3) is 0. The zero-order valence-corrected chi connectivity index (χ0v) is 7.83. The maximum Gasteiger partial charge on any atom is -0.00994 e. The Bertz CT molecular complexity index is 606. The Morgan fingerprint density at radius 2 is 1.57 bits per heavy atom. The van der Waals surface area contributed by atoms with E-state index in [-0.39, 0.29) is 0 Å². The lowest BCUT2D eigenvalue weighted by molar-refractivity contribution is 1.55. The second kappa shape index (κ2) is 2.58. The van der Waals surface area contributed by atoms with Crippen LogP contribution in [0.4, 0.5) is 0 Å². The lowest BCUT2D eigenvalue weighted by Crippen LogP contribution is -2.22. The Morgan fingerprint density at radius 3 is 2.50 bits per heavy atom. The molecule has 14 heavy (non-hydrogen) atoms. The van der Waals surface area contributed by atoms with Gasteiger partial charge in [-0.05, 0) is 33.2 Å². The molecule has 0 aliphatic heterocycles. The van der Waals surface area contributed by atoms with E-state index in [0.717, 1.165) is 5.22 Å². The molecule has 0 nitrogen and oxygen atoms in total. The van der Waals surface area contributed by atoms with Gasteiger partial charge in [0.2, 0.25) is 0 Å². The van der Waals surface area contributed by atoms with Gasteiger partial charge in [0.1, 0.15) is 0 Å². The normalized spacial score (nSPS) is 11.7. The van der Waals surface area contributed by atoms with Crippen molar-refractivity contribution < 1.29 is 0 Å². The maximum absolute atomic E-state index is 4.04. The van der Waals surface area contributed by atoms with Crippen LogP contribution < -0.4 is 10.4 Å². The predicted octanol–water partition coefficient (Wildman–Crippen LogP) is 1.91. The van der Waals surface area contributed by atoms with E-state index in [1.165, 1.54) is 21.9 Å². The highest BCUT2D eigenvalue weighted by Gasteiger charge is 2.09. The van der Waals surface area contributed by atoms with Crippen molar-refractivity contribution in [2.24, 2.45) is 0 Å². The summed E-state index contributed by atoms with van der Waals surface area (Å²) in [5.74, 6) is 0. The quantitative estimate of drug-likeness (QED) is 0.493. The summed E-state index contributed by atoms with van der Waals surface area (Å²) in [5, 5.41) is 2.38. The summed E-state index contributed by atoms with van der Waals surface area (Å²) in [6.45, 7) is 4.04. The molecule has 0 aromatic heterocycles. The first-order valence-electron chi connectivity index (χ1n) is 4.75. The summed E-state index contributed by atoms with van der Waals surface area (Å²) in [6, 6.07) is 14.7. The molecule has 66 valence electrons. The first-order valence-corrected chi connectivity index (χ1v) is 4.75. The SMILES string of the molecule is C=c1cccc2c1=Cc1ccccc1-2. The van der Waals surface area contributed by atoms with Crippen molar-refractivity contribution in [1.82, 2.24) is 0 Å². The molecule has 0 radical (unpaired) electrons. The van der Waals surface area contributed by atoms with Crippen molar-refractivity contribution >= 4 is 12.7 Å². The van der Waals surface area contributed by atoms with Crippen LogP contribution in [-0.4, -0.2) is 0 Å². The molecule has 0 unspecified atom stereocenters. The summed E-state index contributed by atoms with van der Waals surface area (Å²) in [7, 11) is 0. The molecule has 2 aromatic carbocycles. The van der Waals surface area contributed by atoms with Gasteiger partial charge in [-0.25, -0.2) is 0 Å². The Kier molecular flexibility index (Phi) is 1.40. The van der Waals surface area contributed by atoms with E-state index >= 15 is 0 Å². The maximum atomic E-state index is 4.04. The van der Waals surface area contributed by atoms with Crippen LogP contribution in [0.1, 0.15) is 5.56 Å². The summed E-state index contributed by atoms with van der Waals surface area (Å²) in [6.07, 6.45) is 2.22. The molecule has 0 heterocycles. The molecule has 0 N–H and O–H groups in total. The van der Waals surface area contributed by atoms with Crippen molar-refractivity contribution in [3.8, 4) is 11.1 Å². The van der Waals surface area contributed by atoms with Gasteiger partial charge in [0.15, 0.2) is 0 Å². The van der Waals surface area contributed by atoms with Crippen molar-refractivity contribution in [2.45, 2.75) is 0 Å². The van der Waals surface area contributed by atoms with E-state index in [9.17, 15) is 0 Å². The Morgan fingerprint density at radius 1 is 0.786 bits per heavy atom. The Hall–Kier alpha value is -1.82. The third kappa shape index (κ3) is 0.882. The number of rotatable bonds is 0. The first-order chi connectivity index (χ1) is 6.86. The van der Waals surface area contributed by atoms with Gasteiger partial charge in [-0.1, -0.05) is 49.0 Å². The molecule has 0 fully saturated rings. The minimum absolute atomic E-state index is 1.11. The zero-order chi connectivity index (χ0) is 9.54. The summed E-state index contributed by atoms with van der Waals surface area (Å²) >= 11 is 0. The highest BCUT2D eigenvalue weighted by atomic mass is 14.1. The van der Waals surface area contributed by atoms with Crippen LogP contribution in [0.15, 0.2) is 42.5 Å². The smallest absolute Gasteiger partial charge is 0.00994 e. The minimum Gasteiger partial charge on any atom is -0.0911 e. The molecule has 0 atom stereocenters. The topological polar surface area (TPSA) is 0 Å². The lowest BCUT2D eigenvalue weighted by atomic mass is 10.1. The highest BCUT2D eigenvalue weighted by molar-refractivity contribution is 5.82. The molecule has 0 saturated heterocycles. The van der Waals surface area contributed by atoms with Crippen LogP contribution in [0.3, 0.4) is 0 Å². The molecule has 1 aliphatic carbocycles. The van der Waals surface area contributed by atoms with Gasteiger partial charge in [0.25, 0.3) is 0 Å². The van der Waals surface area contributed by atoms with Gasteiger partial charge in [0.05, 0.1) is 0 Å². The van der Waals surface area contributed by atoms with Crippen LogP contribution in [0.2, 0.25) is 0 Å². The molecule has 0 amide bonds. The molecule has 3 rings (SSSR count). The van der Waals surface area contributed by atoms with Crippen LogP contribution in [0, 0.1) is 0 Å². The lowest BCUT2D eigenvalue weighted by Gasteiger charge is -1.99. The van der Waals surface area contributed by atoms with Crippen molar-refractivity contribution in [2.75, 3.05) is 0 Å². The third-order valence-corrected chi connectivity index (χ3v) is 2.75. The van der Waals surface area contributed by atoms with Gasteiger partial charge in [-0.3, -0.25) is 0 Å². The standard InChI is InChI=1S/C14H10/c1-10-5-4-8-13-12-7-3-2-6-11(12)9-14(10)13/h2-9H,1H2. The van der Waals surface area contributed by atoms with Gasteiger partial charge in [-0.15, -0.1) is 0 Å². The number of hydrogen-bond donors (Lipinski definition) is 0. The zero-order valence-electron chi connectivity index (χ0n) is 7.83. The van der Waals surface area contributed by atoms with E-state index in [4.69, 9.17) is 0 Å². The van der Waals surface area contributed by atoms with Gasteiger partial charge < -0.3 is 0 Å². The van der Waals surface area contributed by atoms with E-state index < -0.39 is 0 Å². The van der Waals surface area contributed by atoms with Crippen molar-refractivity contribution in [1.29, 1.82) is 0 Å². The molecule has 0 bridgehead atoms. The third-order valence-electron chi connectivity index (χ3n) is 2.75. The van der Waals surface area contributed by atoms with E-state index in [2.05, 4.69) is 55.1 Å². The average Bonchev–Trinajstić information content (AvgIpc) is 2.59. The Balaban J connectivity index is 2.51. The highest BCUT2D eigenvalue weighted by Crippen LogP contribution is 2.24. The second-order valence-electron chi connectivity index (χ2n) is 3.61. The van der Waals surface area contributed by atoms with Gasteiger partial charge in [0, 0.05) is 0 Å². The average molecular weight is 178 g/mol. The van der Waals surface area contributed by atoms with Crippen LogP contribution in [0.25, 0.3) is 23.8 Å². The van der Waals surface area contributed by atoms with Crippen LogP contribution in [0.5, 0.6) is 0 Å². The molecule has 0 heteroatoms. The van der Waals surface area contributed by atoms with Gasteiger partial charge in [-0.2, -0.15) is 0 Å². The number of fused-ring (bicyclic) bond motifs is 3. The van der Waals surface area contributed by atoms with Crippen LogP contribution in [-0.2, 0) is 0 Å². The molecule has 0 saturated carbocycles. The number of hydrogen-bond acceptors (Lipinski definition) is 0. The molecular formula is C14H10. The summed E-state index contributed by atoms with van der Waals surface area (Å²) in [4.78, 5) is 0. The van der Waals surface area contributed by atoms with E-state index in [0.29, 0.717) is 0 Å². The molecule has 2 aromatic rings. The van der Waals surface area contributed by atoms with Crippen LogP contribution >= 0.6 is 0 Å². The second-order valence-corrected chi connectivity index (χ2v) is 3.61. The van der Waals surface area contributed by atoms with Gasteiger partial charge >= 0.3 is 0 Å². The van der Waals surface area contributed by atoms with E-state index in [1.807, 2.05) is 0 Å². The summed E-state index contributed by atoms with van der Waals surface area (Å²) in [5.41, 5.74) is 3.94. The largest absolute Gasteiger partial charge is 0.0911 e. The van der Waals surface area contributed by atoms with E-state index in [1.54, 1.807) is 0 Å². The predicted molar refractivity (Wildman–Crippen MR) is 60.2 cm³/mol. The number of benzene rings is 2. The molecule has 1 aliphatic rings. The van der Waals surface area contributed by atoms with Crippen molar-refractivity contribution in [3.63, 3.8) is 0 Å². The van der Waals surface area contributed by atoms with Crippen molar-refractivity contribution in [3.05, 3.63) is 58.5 Å². The molecular weight excluding hydrogens is 168 g/mol. The minimum atomic E-state index is 1.11.